The van der Waals surface area contributed by atoms with Crippen LogP contribution < -0.4 is 15.3 Å². The molecule has 176 valence electrons. The maximum atomic E-state index is 14.2. The Morgan fingerprint density at radius 3 is 2.59 bits per heavy atom. The summed E-state index contributed by atoms with van der Waals surface area (Å²) < 4.78 is 61.0. The van der Waals surface area contributed by atoms with Crippen LogP contribution in [0.4, 0.5) is 29.1 Å². The lowest BCUT2D eigenvalue weighted by Crippen LogP contribution is -2.34. The second kappa shape index (κ2) is 8.17. The van der Waals surface area contributed by atoms with Crippen LogP contribution in [0.3, 0.4) is 0 Å². The first-order chi connectivity index (χ1) is 15.9. The van der Waals surface area contributed by atoms with Gasteiger partial charge in [-0.2, -0.15) is 18.2 Å². The van der Waals surface area contributed by atoms with Crippen LogP contribution in [-0.2, 0) is 0 Å². The van der Waals surface area contributed by atoms with Crippen LogP contribution in [-0.4, -0.2) is 34.7 Å². The van der Waals surface area contributed by atoms with E-state index in [2.05, 4.69) is 16.8 Å². The lowest BCUT2D eigenvalue weighted by atomic mass is 9.93. The molecule has 34 heavy (non-hydrogen) atoms. The molecular formula is C24H21F4N5O. The van der Waals surface area contributed by atoms with E-state index in [0.29, 0.717) is 23.1 Å². The van der Waals surface area contributed by atoms with Crippen molar-refractivity contribution in [2.75, 3.05) is 18.1 Å². The van der Waals surface area contributed by atoms with Crippen molar-refractivity contribution in [2.24, 2.45) is 5.41 Å². The third kappa shape index (κ3) is 3.98. The predicted molar refractivity (Wildman–Crippen MR) is 120 cm³/mol. The molecule has 2 N–H and O–H groups in total. The number of para-hydroxylation sites is 1. The van der Waals surface area contributed by atoms with Gasteiger partial charge in [-0.05, 0) is 51.1 Å². The zero-order chi connectivity index (χ0) is 24.8. The smallest absolute Gasteiger partial charge is 0.404 e. The summed E-state index contributed by atoms with van der Waals surface area (Å²) >= 11 is 0. The molecule has 0 spiro atoms. The monoisotopic (exact) mass is 471 g/mol. The van der Waals surface area contributed by atoms with E-state index in [9.17, 15) is 17.6 Å². The van der Waals surface area contributed by atoms with Crippen LogP contribution in [0.25, 0.3) is 10.9 Å². The number of hydrogen-bond acceptors (Lipinski definition) is 5. The number of alkyl halides is 3. The van der Waals surface area contributed by atoms with Crippen molar-refractivity contribution < 1.29 is 22.3 Å². The van der Waals surface area contributed by atoms with Crippen LogP contribution >= 0.6 is 0 Å². The highest BCUT2D eigenvalue weighted by molar-refractivity contribution is 5.98. The standard InChI is InChI=1S/C24H21F4N5O/c1-14(29)33-18-8-7-16(25)13-17(18)21(31-22(33)30)32-11-12-34-20-15(5-4-6-19(20)32)9-10-23(2,3)24(26,27)28/h4-8,13,29-30H,11-12H2,1-3H3. The van der Waals surface area contributed by atoms with Crippen LogP contribution in [0.15, 0.2) is 36.4 Å². The highest BCUT2D eigenvalue weighted by atomic mass is 19.4. The first-order valence-corrected chi connectivity index (χ1v) is 10.4. The molecule has 2 heterocycles. The number of nitrogens with zero attached hydrogens (tertiary/aromatic N) is 3. The van der Waals surface area contributed by atoms with Gasteiger partial charge >= 0.3 is 6.18 Å². The summed E-state index contributed by atoms with van der Waals surface area (Å²) in [5.41, 5.74) is -1.22. The summed E-state index contributed by atoms with van der Waals surface area (Å²) in [6.45, 7) is 4.00. The number of anilines is 2. The number of benzene rings is 2. The number of halogens is 4. The zero-order valence-corrected chi connectivity index (χ0v) is 18.6. The van der Waals surface area contributed by atoms with E-state index in [0.717, 1.165) is 13.8 Å². The average Bonchev–Trinajstić information content (AvgIpc) is 2.76. The fraction of sp³-hybridized carbons (Fsp3) is 0.292. The Morgan fingerprint density at radius 2 is 1.91 bits per heavy atom. The second-order valence-electron chi connectivity index (χ2n) is 8.37. The van der Waals surface area contributed by atoms with Gasteiger partial charge in [0.25, 0.3) is 0 Å². The zero-order valence-electron chi connectivity index (χ0n) is 18.6. The molecule has 0 radical (unpaired) electrons. The maximum Gasteiger partial charge on any atom is 0.404 e. The predicted octanol–water partition coefficient (Wildman–Crippen LogP) is 4.97. The van der Waals surface area contributed by atoms with Crippen molar-refractivity contribution in [3.63, 3.8) is 0 Å². The first kappa shape index (κ1) is 23.3. The molecule has 2 aromatic carbocycles. The highest BCUT2D eigenvalue weighted by Gasteiger charge is 2.46. The fourth-order valence-corrected chi connectivity index (χ4v) is 3.61. The molecule has 0 atom stereocenters. The fourth-order valence-electron chi connectivity index (χ4n) is 3.61. The van der Waals surface area contributed by atoms with Gasteiger partial charge in [0.05, 0.1) is 23.3 Å². The van der Waals surface area contributed by atoms with Gasteiger partial charge in [-0.25, -0.2) is 4.39 Å². The Hall–Kier alpha value is -3.87. The molecule has 0 fully saturated rings. The maximum absolute atomic E-state index is 14.2. The van der Waals surface area contributed by atoms with Gasteiger partial charge in [0.15, 0.2) is 5.75 Å². The number of nitrogens with one attached hydrogen (secondary N) is 2. The number of hydrogen-bond donors (Lipinski definition) is 2. The molecule has 6 nitrogen and oxygen atoms in total. The quantitative estimate of drug-likeness (QED) is 0.228. The minimum absolute atomic E-state index is 0.0490. The minimum atomic E-state index is -4.49. The van der Waals surface area contributed by atoms with E-state index in [1.807, 2.05) is 0 Å². The molecule has 0 saturated heterocycles. The molecule has 0 unspecified atom stereocenters. The molecule has 0 aliphatic carbocycles. The van der Waals surface area contributed by atoms with Gasteiger partial charge in [-0.15, -0.1) is 0 Å². The molecule has 1 aliphatic rings. The average molecular weight is 471 g/mol. The summed E-state index contributed by atoms with van der Waals surface area (Å²) in [6, 6.07) is 8.92. The number of ether oxygens (including phenoxy) is 1. The summed E-state index contributed by atoms with van der Waals surface area (Å²) in [7, 11) is 0. The number of aromatic nitrogens is 2. The molecule has 1 aromatic heterocycles. The third-order valence-electron chi connectivity index (χ3n) is 5.52. The van der Waals surface area contributed by atoms with Crippen molar-refractivity contribution in [2.45, 2.75) is 26.9 Å². The van der Waals surface area contributed by atoms with E-state index in [-0.39, 0.29) is 35.2 Å². The van der Waals surface area contributed by atoms with Gasteiger partial charge in [0.1, 0.15) is 29.5 Å². The second-order valence-corrected chi connectivity index (χ2v) is 8.37. The Bertz CT molecular complexity index is 1430. The van der Waals surface area contributed by atoms with E-state index in [1.165, 1.54) is 29.7 Å². The lowest BCUT2D eigenvalue weighted by Gasteiger charge is -2.32. The van der Waals surface area contributed by atoms with Gasteiger partial charge < -0.3 is 9.64 Å². The first-order valence-electron chi connectivity index (χ1n) is 10.4. The Labute approximate surface area is 192 Å². The van der Waals surface area contributed by atoms with Gasteiger partial charge in [0.2, 0.25) is 5.62 Å². The van der Waals surface area contributed by atoms with Crippen LogP contribution in [0.5, 0.6) is 5.75 Å². The Balaban J connectivity index is 1.90. The van der Waals surface area contributed by atoms with E-state index in [4.69, 9.17) is 15.6 Å². The lowest BCUT2D eigenvalue weighted by molar-refractivity contribution is -0.190. The molecule has 0 bridgehead atoms. The van der Waals surface area contributed by atoms with Gasteiger partial charge in [-0.3, -0.25) is 15.4 Å². The van der Waals surface area contributed by atoms with Gasteiger partial charge in [0, 0.05) is 5.39 Å². The Kier molecular flexibility index (Phi) is 5.59. The topological polar surface area (TPSA) is 78.0 Å². The molecule has 3 aromatic rings. The molecule has 10 heteroatoms. The van der Waals surface area contributed by atoms with Gasteiger partial charge in [-0.1, -0.05) is 17.9 Å². The molecule has 0 saturated carbocycles. The summed E-state index contributed by atoms with van der Waals surface area (Å²) in [4.78, 5) is 6.07. The molecule has 0 amide bonds. The Morgan fingerprint density at radius 1 is 1.18 bits per heavy atom. The van der Waals surface area contributed by atoms with E-state index < -0.39 is 17.4 Å². The molecule has 1 aliphatic heterocycles. The SMILES string of the molecule is CC(=N)n1c(=N)nc(N2CCOc3c(C#CC(C)(C)C(F)(F)F)cccc32)c2cc(F)ccc21. The van der Waals surface area contributed by atoms with Crippen molar-refractivity contribution >= 4 is 28.2 Å². The van der Waals surface area contributed by atoms with E-state index in [1.54, 1.807) is 23.1 Å². The molecule has 4 rings (SSSR count). The van der Waals surface area contributed by atoms with Crippen molar-refractivity contribution in [3.8, 4) is 17.6 Å². The van der Waals surface area contributed by atoms with Crippen LogP contribution in [0, 0.1) is 33.9 Å². The third-order valence-corrected chi connectivity index (χ3v) is 5.52. The normalized spacial score (nSPS) is 13.7. The summed E-state index contributed by atoms with van der Waals surface area (Å²) in [5, 5.41) is 16.7. The highest BCUT2D eigenvalue weighted by Crippen LogP contribution is 2.41. The number of fused-ring (bicyclic) bond motifs is 2. The number of rotatable bonds is 1. The van der Waals surface area contributed by atoms with Crippen molar-refractivity contribution in [3.05, 3.63) is 53.4 Å². The largest absolute Gasteiger partial charge is 0.488 e. The van der Waals surface area contributed by atoms with E-state index >= 15 is 0 Å². The summed E-state index contributed by atoms with van der Waals surface area (Å²) in [6.07, 6.45) is -4.49. The molecular weight excluding hydrogens is 450 g/mol. The van der Waals surface area contributed by atoms with Crippen molar-refractivity contribution in [1.29, 1.82) is 10.8 Å². The van der Waals surface area contributed by atoms with Crippen LogP contribution in [0.2, 0.25) is 0 Å². The van der Waals surface area contributed by atoms with Crippen molar-refractivity contribution in [1.82, 2.24) is 9.55 Å². The minimum Gasteiger partial charge on any atom is -0.488 e. The summed E-state index contributed by atoms with van der Waals surface area (Å²) in [5.74, 6) is 5.00. The van der Waals surface area contributed by atoms with Crippen LogP contribution in [0.1, 0.15) is 26.3 Å².